The van der Waals surface area contributed by atoms with Crippen LogP contribution in [0.25, 0.3) is 0 Å². The van der Waals surface area contributed by atoms with Gasteiger partial charge in [0.2, 0.25) is 6.04 Å². The molecule has 1 aromatic carbocycles. The van der Waals surface area contributed by atoms with Crippen molar-refractivity contribution in [3.8, 4) is 0 Å². The topological polar surface area (TPSA) is 98.5 Å². The molecule has 1 N–H and O–H groups in total. The minimum absolute atomic E-state index is 0.0352. The number of nitrogens with one attached hydrogen (secondary N) is 1. The number of rotatable bonds is 10. The summed E-state index contributed by atoms with van der Waals surface area (Å²) in [7, 11) is -0.196. The third-order valence-corrected chi connectivity index (χ3v) is 5.64. The van der Waals surface area contributed by atoms with Crippen molar-refractivity contribution >= 4 is 17.0 Å². The van der Waals surface area contributed by atoms with Crippen molar-refractivity contribution in [2.75, 3.05) is 7.11 Å². The van der Waals surface area contributed by atoms with Gasteiger partial charge in [0.15, 0.2) is 0 Å². The van der Waals surface area contributed by atoms with Crippen molar-refractivity contribution in [2.24, 2.45) is 0 Å². The molecule has 7 nitrogen and oxygen atoms in total. The number of nitrogens with zero attached hydrogens (tertiary/aromatic N) is 1. The Balaban J connectivity index is 2.92. The van der Waals surface area contributed by atoms with Gasteiger partial charge in [0.1, 0.15) is 0 Å². The Bertz CT molecular complexity index is 616. The molecule has 0 radical (unpaired) electrons. The zero-order valence-corrected chi connectivity index (χ0v) is 16.6. The fraction of sp³-hybridized carbons (Fsp3) is 0.611. The van der Waals surface area contributed by atoms with E-state index < -0.39 is 38.7 Å². The van der Waals surface area contributed by atoms with E-state index in [1.165, 1.54) is 7.11 Å². The number of carbonyl (C=O) groups is 1. The second-order valence-corrected chi connectivity index (χ2v) is 9.10. The molecule has 26 heavy (non-hydrogen) atoms. The maximum Gasteiger partial charge on any atom is 0.305 e. The molecule has 0 amide bonds. The molecule has 2 unspecified atom stereocenters. The predicted molar refractivity (Wildman–Crippen MR) is 102 cm³/mol. The number of carbonyl (C=O) groups excluding carboxylic acids is 1. The van der Waals surface area contributed by atoms with E-state index in [2.05, 4.69) is 9.46 Å². The molecule has 0 bridgehead atoms. The highest BCUT2D eigenvalue weighted by Crippen LogP contribution is 2.17. The van der Waals surface area contributed by atoms with Crippen molar-refractivity contribution in [1.82, 2.24) is 4.72 Å². The third-order valence-electron chi connectivity index (χ3n) is 4.01. The van der Waals surface area contributed by atoms with Gasteiger partial charge in [-0.25, -0.2) is 8.93 Å². The number of ether oxygens (including phenoxy) is 1. The molecule has 146 valence electrons. The molecule has 0 aromatic heterocycles. The van der Waals surface area contributed by atoms with Crippen molar-refractivity contribution in [1.29, 1.82) is 0 Å². The van der Waals surface area contributed by atoms with E-state index in [1.807, 2.05) is 30.3 Å². The lowest BCUT2D eigenvalue weighted by Gasteiger charge is -2.26. The minimum atomic E-state index is -1.45. The van der Waals surface area contributed by atoms with Crippen LogP contribution >= 0.6 is 0 Å². The molecule has 0 spiro atoms. The molecular formula is C18H28N2O5S. The average molecular weight is 384 g/mol. The summed E-state index contributed by atoms with van der Waals surface area (Å²) in [5.41, 5.74) is 1.05. The van der Waals surface area contributed by atoms with Crippen LogP contribution in [0.1, 0.15) is 45.6 Å². The smallest absolute Gasteiger partial charge is 0.305 e. The van der Waals surface area contributed by atoms with E-state index in [9.17, 15) is 19.1 Å². The SMILES string of the molecule is COC(=O)CCC([C@@H](CCc1ccccc1)NS(=O)C(C)(C)C)[N+](=O)[O-]. The first kappa shape index (κ1) is 22.2. The van der Waals surface area contributed by atoms with E-state index in [0.717, 1.165) is 5.56 Å². The van der Waals surface area contributed by atoms with Crippen LogP contribution in [0.5, 0.6) is 0 Å². The van der Waals surface area contributed by atoms with Crippen molar-refractivity contribution in [3.63, 3.8) is 0 Å². The Morgan fingerprint density at radius 1 is 1.27 bits per heavy atom. The number of hydrogen-bond donors (Lipinski definition) is 1. The maximum atomic E-state index is 12.5. The predicted octanol–water partition coefficient (Wildman–Crippen LogP) is 2.64. The zero-order chi connectivity index (χ0) is 19.7. The Morgan fingerprint density at radius 3 is 2.38 bits per heavy atom. The van der Waals surface area contributed by atoms with Crippen molar-refractivity contribution in [3.05, 3.63) is 46.0 Å². The van der Waals surface area contributed by atoms with Crippen LogP contribution in [-0.2, 0) is 26.9 Å². The Morgan fingerprint density at radius 2 is 1.88 bits per heavy atom. The quantitative estimate of drug-likeness (QED) is 0.380. The molecule has 0 aliphatic heterocycles. The molecular weight excluding hydrogens is 356 g/mol. The first-order chi connectivity index (χ1) is 12.1. The van der Waals surface area contributed by atoms with E-state index in [-0.39, 0.29) is 12.8 Å². The molecule has 1 rings (SSSR count). The van der Waals surface area contributed by atoms with Crippen LogP contribution in [0.4, 0.5) is 0 Å². The Labute approximate surface area is 157 Å². The van der Waals surface area contributed by atoms with Gasteiger partial charge in [-0.3, -0.25) is 14.9 Å². The molecule has 0 aliphatic carbocycles. The summed E-state index contributed by atoms with van der Waals surface area (Å²) in [6, 6.07) is 7.99. The number of methoxy groups -OCH3 is 1. The monoisotopic (exact) mass is 384 g/mol. The molecule has 0 saturated heterocycles. The molecule has 0 saturated carbocycles. The van der Waals surface area contributed by atoms with Crippen molar-refractivity contribution in [2.45, 2.75) is 63.3 Å². The van der Waals surface area contributed by atoms with Crippen LogP contribution in [0.2, 0.25) is 0 Å². The van der Waals surface area contributed by atoms with E-state index >= 15 is 0 Å². The fourth-order valence-electron chi connectivity index (χ4n) is 2.43. The first-order valence-electron chi connectivity index (χ1n) is 8.57. The second kappa shape index (κ2) is 10.4. The highest BCUT2D eigenvalue weighted by Gasteiger charge is 2.35. The van der Waals surface area contributed by atoms with E-state index in [0.29, 0.717) is 12.8 Å². The van der Waals surface area contributed by atoms with E-state index in [4.69, 9.17) is 0 Å². The van der Waals surface area contributed by atoms with Crippen LogP contribution in [0.3, 0.4) is 0 Å². The van der Waals surface area contributed by atoms with Crippen molar-refractivity contribution < 1.29 is 18.7 Å². The van der Waals surface area contributed by atoms with Crippen LogP contribution in [-0.4, -0.2) is 39.0 Å². The summed E-state index contributed by atoms with van der Waals surface area (Å²) in [6.07, 6.45) is 1.04. The lowest BCUT2D eigenvalue weighted by molar-refractivity contribution is -0.527. The number of benzene rings is 1. The van der Waals surface area contributed by atoms with Gasteiger partial charge in [-0.2, -0.15) is 0 Å². The molecule has 3 atom stereocenters. The van der Waals surface area contributed by atoms with E-state index in [1.54, 1.807) is 20.8 Å². The van der Waals surface area contributed by atoms with Gasteiger partial charge in [-0.05, 0) is 39.2 Å². The Hall–Kier alpha value is -1.80. The normalized spacial score (nSPS) is 15.1. The standard InChI is InChI=1S/C18H28N2O5S/c1-18(2,3)26(24)19-15(11-10-14-8-6-5-7-9-14)16(20(22)23)12-13-17(21)25-4/h5-9,15-16,19H,10-13H2,1-4H3/t15-,16?,26?/m1/s1. The van der Waals surface area contributed by atoms with Gasteiger partial charge in [0.05, 0.1) is 35.3 Å². The summed E-state index contributed by atoms with van der Waals surface area (Å²) in [6.45, 7) is 5.42. The number of hydrogen-bond acceptors (Lipinski definition) is 5. The summed E-state index contributed by atoms with van der Waals surface area (Å²) >= 11 is 0. The summed E-state index contributed by atoms with van der Waals surface area (Å²) < 4.78 is 19.5. The largest absolute Gasteiger partial charge is 0.469 e. The molecule has 0 heterocycles. The lowest BCUT2D eigenvalue weighted by Crippen LogP contribution is -2.49. The van der Waals surface area contributed by atoms with Gasteiger partial charge >= 0.3 is 5.97 Å². The molecule has 0 aliphatic rings. The lowest BCUT2D eigenvalue weighted by atomic mass is 9.97. The maximum absolute atomic E-state index is 12.5. The number of esters is 1. The molecule has 1 aromatic rings. The van der Waals surface area contributed by atoms with Gasteiger partial charge < -0.3 is 4.74 Å². The van der Waals surface area contributed by atoms with Crippen LogP contribution in [0, 0.1) is 10.1 Å². The summed E-state index contributed by atoms with van der Waals surface area (Å²) in [4.78, 5) is 22.6. The van der Waals surface area contributed by atoms with Crippen LogP contribution in [0.15, 0.2) is 30.3 Å². The highest BCUT2D eigenvalue weighted by atomic mass is 32.2. The molecule has 0 fully saturated rings. The number of nitro groups is 1. The highest BCUT2D eigenvalue weighted by molar-refractivity contribution is 7.84. The zero-order valence-electron chi connectivity index (χ0n) is 15.8. The fourth-order valence-corrected chi connectivity index (χ4v) is 3.34. The molecule has 8 heteroatoms. The van der Waals surface area contributed by atoms with Crippen LogP contribution < -0.4 is 4.72 Å². The summed E-state index contributed by atoms with van der Waals surface area (Å²) in [5.74, 6) is -0.490. The van der Waals surface area contributed by atoms with Gasteiger partial charge in [-0.15, -0.1) is 0 Å². The first-order valence-corrected chi connectivity index (χ1v) is 9.72. The van der Waals surface area contributed by atoms with Gasteiger partial charge in [0, 0.05) is 11.3 Å². The third kappa shape index (κ3) is 7.61. The Kier molecular flexibility index (Phi) is 8.87. The second-order valence-electron chi connectivity index (χ2n) is 7.10. The van der Waals surface area contributed by atoms with Gasteiger partial charge in [-0.1, -0.05) is 30.3 Å². The average Bonchev–Trinajstić information content (AvgIpc) is 2.58. The van der Waals surface area contributed by atoms with Gasteiger partial charge in [0.25, 0.3) is 0 Å². The summed E-state index contributed by atoms with van der Waals surface area (Å²) in [5, 5.41) is 11.6. The minimum Gasteiger partial charge on any atom is -0.469 e. The number of aryl methyl sites for hydroxylation is 1.